The van der Waals surface area contributed by atoms with Crippen molar-refractivity contribution < 1.29 is 26.7 Å². The molecule has 7 rings (SSSR count). The fraction of sp³-hybridized carbons (Fsp3) is 0.343. The standard InChI is InChI=1S/C35H34ClF2N3O4S/c36-28-13-7-24(8-14-28)23-5-11-27(12-6-23)35(37,38)32(33(42)41-18-17-34(41)21-39-22-34)40-46(43,44)31-16-10-25-19-30(15-9-26(25)20-31)45-29-3-1-2-4-29/h5-16,19-20,29,32,39-40H,1-4,17-18,21-22H2/t32-/m1/s1. The number of amides is 1. The summed E-state index contributed by atoms with van der Waals surface area (Å²) in [4.78, 5) is 15.0. The number of rotatable bonds is 9. The van der Waals surface area contributed by atoms with Crippen LogP contribution >= 0.6 is 11.6 Å². The Morgan fingerprint density at radius 1 is 0.935 bits per heavy atom. The van der Waals surface area contributed by atoms with Crippen molar-refractivity contribution in [1.82, 2.24) is 14.9 Å². The Kier molecular flexibility index (Phi) is 8.03. The van der Waals surface area contributed by atoms with E-state index in [9.17, 15) is 13.2 Å². The summed E-state index contributed by atoms with van der Waals surface area (Å²) in [7, 11) is -4.55. The number of benzene rings is 4. The minimum atomic E-state index is -4.55. The molecule has 0 bridgehead atoms. The van der Waals surface area contributed by atoms with E-state index in [0.29, 0.717) is 41.2 Å². The smallest absolute Gasteiger partial charge is 0.298 e. The average molecular weight is 666 g/mol. The van der Waals surface area contributed by atoms with Crippen molar-refractivity contribution in [3.63, 3.8) is 0 Å². The van der Waals surface area contributed by atoms with Crippen LogP contribution in [-0.2, 0) is 20.7 Å². The topological polar surface area (TPSA) is 87.7 Å². The lowest BCUT2D eigenvalue weighted by atomic mass is 9.78. The van der Waals surface area contributed by atoms with Gasteiger partial charge in [-0.25, -0.2) is 8.42 Å². The van der Waals surface area contributed by atoms with E-state index in [4.69, 9.17) is 16.3 Å². The summed E-state index contributed by atoms with van der Waals surface area (Å²) in [5.41, 5.74) is 0.424. The fourth-order valence-electron chi connectivity index (χ4n) is 6.66. The molecule has 11 heteroatoms. The zero-order valence-electron chi connectivity index (χ0n) is 25.0. The molecule has 1 spiro atoms. The van der Waals surface area contributed by atoms with Gasteiger partial charge in [-0.05, 0) is 90.4 Å². The fourth-order valence-corrected chi connectivity index (χ4v) is 8.01. The van der Waals surface area contributed by atoms with Gasteiger partial charge in [-0.15, -0.1) is 0 Å². The first-order chi connectivity index (χ1) is 22.0. The van der Waals surface area contributed by atoms with Crippen molar-refractivity contribution in [3.8, 4) is 16.9 Å². The second-order valence-electron chi connectivity index (χ2n) is 12.5. The Morgan fingerprint density at radius 3 is 2.17 bits per heavy atom. The number of likely N-dealkylation sites (tertiary alicyclic amines) is 1. The number of ether oxygens (including phenoxy) is 1. The number of carbonyl (C=O) groups is 1. The van der Waals surface area contributed by atoms with Crippen molar-refractivity contribution in [2.24, 2.45) is 0 Å². The zero-order valence-corrected chi connectivity index (χ0v) is 26.6. The van der Waals surface area contributed by atoms with Gasteiger partial charge in [0, 0.05) is 30.2 Å². The van der Waals surface area contributed by atoms with Gasteiger partial charge in [0.2, 0.25) is 15.9 Å². The highest BCUT2D eigenvalue weighted by atomic mass is 35.5. The molecule has 0 unspecified atom stereocenters. The predicted molar refractivity (Wildman–Crippen MR) is 174 cm³/mol. The van der Waals surface area contributed by atoms with Gasteiger partial charge in [-0.2, -0.15) is 13.5 Å². The maximum absolute atomic E-state index is 16.4. The zero-order chi connectivity index (χ0) is 32.1. The molecule has 1 saturated carbocycles. The summed E-state index contributed by atoms with van der Waals surface area (Å²) in [5, 5.41) is 5.02. The highest BCUT2D eigenvalue weighted by molar-refractivity contribution is 7.89. The van der Waals surface area contributed by atoms with E-state index in [1.807, 2.05) is 6.07 Å². The van der Waals surface area contributed by atoms with Crippen LogP contribution in [0.4, 0.5) is 8.78 Å². The van der Waals surface area contributed by atoms with Crippen molar-refractivity contribution >= 4 is 38.3 Å². The highest BCUT2D eigenvalue weighted by Crippen LogP contribution is 2.40. The largest absolute Gasteiger partial charge is 0.490 e. The summed E-state index contributed by atoms with van der Waals surface area (Å²) in [5.74, 6) is -4.10. The molecule has 1 atom stereocenters. The molecule has 46 heavy (non-hydrogen) atoms. The third kappa shape index (κ3) is 5.76. The second-order valence-corrected chi connectivity index (χ2v) is 14.7. The predicted octanol–water partition coefficient (Wildman–Crippen LogP) is 6.49. The number of halogens is 3. The van der Waals surface area contributed by atoms with Crippen LogP contribution in [0.1, 0.15) is 37.7 Å². The van der Waals surface area contributed by atoms with Crippen LogP contribution in [0.15, 0.2) is 89.8 Å². The van der Waals surface area contributed by atoms with Crippen LogP contribution in [-0.4, -0.2) is 56.5 Å². The van der Waals surface area contributed by atoms with E-state index < -0.39 is 39.0 Å². The Balaban J connectivity index is 1.18. The van der Waals surface area contributed by atoms with E-state index in [1.165, 1.54) is 41.3 Å². The van der Waals surface area contributed by atoms with Crippen LogP contribution in [0, 0.1) is 0 Å². The van der Waals surface area contributed by atoms with Crippen LogP contribution in [0.25, 0.3) is 21.9 Å². The van der Waals surface area contributed by atoms with E-state index in [2.05, 4.69) is 10.0 Å². The van der Waals surface area contributed by atoms with Crippen molar-refractivity contribution in [2.75, 3.05) is 19.6 Å². The number of hydrogen-bond acceptors (Lipinski definition) is 5. The molecule has 3 aliphatic rings. The molecule has 4 aromatic rings. The summed E-state index contributed by atoms with van der Waals surface area (Å²) in [6.07, 6.45) is 5.13. The molecule has 2 saturated heterocycles. The van der Waals surface area contributed by atoms with Gasteiger partial charge in [0.15, 0.2) is 6.04 Å². The molecular formula is C35H34ClF2N3O4S. The Labute approximate surface area is 271 Å². The van der Waals surface area contributed by atoms with E-state index >= 15 is 8.78 Å². The number of alkyl halides is 2. The van der Waals surface area contributed by atoms with Crippen molar-refractivity contribution in [1.29, 1.82) is 0 Å². The molecule has 1 amide bonds. The maximum atomic E-state index is 16.4. The van der Waals surface area contributed by atoms with Crippen LogP contribution in [0.5, 0.6) is 5.75 Å². The van der Waals surface area contributed by atoms with Gasteiger partial charge in [-0.3, -0.25) is 4.79 Å². The lowest BCUT2D eigenvalue weighted by Gasteiger charge is -2.59. The first-order valence-electron chi connectivity index (χ1n) is 15.5. The van der Waals surface area contributed by atoms with Gasteiger partial charge in [-0.1, -0.05) is 60.1 Å². The maximum Gasteiger partial charge on any atom is 0.298 e. The average Bonchev–Trinajstić information content (AvgIpc) is 3.52. The lowest BCUT2D eigenvalue weighted by Crippen LogP contribution is -2.79. The van der Waals surface area contributed by atoms with Crippen LogP contribution in [0.3, 0.4) is 0 Å². The minimum absolute atomic E-state index is 0.173. The number of carbonyl (C=O) groups excluding carboxylic acids is 1. The second kappa shape index (κ2) is 11.9. The van der Waals surface area contributed by atoms with E-state index in [-0.39, 0.29) is 17.5 Å². The number of nitrogens with zero attached hydrogens (tertiary/aromatic N) is 1. The van der Waals surface area contributed by atoms with Crippen molar-refractivity contribution in [3.05, 3.63) is 95.5 Å². The minimum Gasteiger partial charge on any atom is -0.490 e. The van der Waals surface area contributed by atoms with Gasteiger partial charge >= 0.3 is 0 Å². The number of fused-ring (bicyclic) bond motifs is 1. The van der Waals surface area contributed by atoms with Gasteiger partial charge in [0.1, 0.15) is 5.75 Å². The molecular weight excluding hydrogens is 632 g/mol. The van der Waals surface area contributed by atoms with Gasteiger partial charge in [0.05, 0.1) is 16.5 Å². The van der Waals surface area contributed by atoms with Crippen LogP contribution < -0.4 is 14.8 Å². The van der Waals surface area contributed by atoms with E-state index in [0.717, 1.165) is 36.6 Å². The molecule has 0 radical (unpaired) electrons. The normalized spacial score (nSPS) is 18.7. The van der Waals surface area contributed by atoms with E-state index in [1.54, 1.807) is 42.5 Å². The van der Waals surface area contributed by atoms with Gasteiger partial charge in [0.25, 0.3) is 5.92 Å². The molecule has 2 N–H and O–H groups in total. The summed E-state index contributed by atoms with van der Waals surface area (Å²) < 4.78 is 68.6. The molecule has 1 aliphatic carbocycles. The quantitative estimate of drug-likeness (QED) is 0.213. The molecule has 3 fully saturated rings. The molecule has 240 valence electrons. The van der Waals surface area contributed by atoms with Crippen LogP contribution in [0.2, 0.25) is 5.02 Å². The molecule has 0 aromatic heterocycles. The molecule has 2 heterocycles. The molecule has 7 nitrogen and oxygen atoms in total. The summed E-state index contributed by atoms with van der Waals surface area (Å²) in [6, 6.07) is 19.9. The Hall–Kier alpha value is -3.57. The number of sulfonamides is 1. The Bertz CT molecular complexity index is 1870. The first-order valence-corrected chi connectivity index (χ1v) is 17.4. The lowest BCUT2D eigenvalue weighted by molar-refractivity contribution is -0.164. The monoisotopic (exact) mass is 665 g/mol. The molecule has 4 aromatic carbocycles. The highest BCUT2D eigenvalue weighted by Gasteiger charge is 2.57. The number of hydrogen-bond donors (Lipinski definition) is 2. The SMILES string of the molecule is O=C([C@@H](NS(=O)(=O)c1ccc2cc(OC3CCCC3)ccc2c1)C(F)(F)c1ccc(-c2ccc(Cl)cc2)cc1)N1CCC12CNC2. The summed E-state index contributed by atoms with van der Waals surface area (Å²) in [6.45, 7) is 1.25. The first kappa shape index (κ1) is 31.1. The third-order valence-corrected chi connectivity index (χ3v) is 11.2. The molecule has 2 aliphatic heterocycles. The van der Waals surface area contributed by atoms with Gasteiger partial charge < -0.3 is 15.0 Å². The van der Waals surface area contributed by atoms with Crippen molar-refractivity contribution in [2.45, 2.75) is 60.6 Å². The Morgan fingerprint density at radius 2 is 1.57 bits per heavy atom. The summed E-state index contributed by atoms with van der Waals surface area (Å²) >= 11 is 5.99. The number of nitrogens with one attached hydrogen (secondary N) is 2. The third-order valence-electron chi connectivity index (χ3n) is 9.58.